The summed E-state index contributed by atoms with van der Waals surface area (Å²) in [7, 11) is 0. The molecule has 1 saturated heterocycles. The SMILES string of the molecule is CC(=O)Nc1cc(NC(C)=O)cc(C(=O)N2CCNC[C@H]2C)c1.Cl. The number of anilines is 2. The van der Waals surface area contributed by atoms with Crippen LogP contribution in [0.5, 0.6) is 0 Å². The largest absolute Gasteiger partial charge is 0.333 e. The number of hydrogen-bond acceptors (Lipinski definition) is 4. The molecular weight excluding hydrogens is 332 g/mol. The summed E-state index contributed by atoms with van der Waals surface area (Å²) in [5.41, 5.74) is 1.40. The fourth-order valence-electron chi connectivity index (χ4n) is 2.61. The molecule has 1 heterocycles. The molecule has 0 bridgehead atoms. The first-order chi connectivity index (χ1) is 10.9. The first kappa shape index (κ1) is 19.9. The van der Waals surface area contributed by atoms with Gasteiger partial charge < -0.3 is 20.9 Å². The highest BCUT2D eigenvalue weighted by atomic mass is 35.5. The minimum atomic E-state index is -0.237. The summed E-state index contributed by atoms with van der Waals surface area (Å²) < 4.78 is 0. The van der Waals surface area contributed by atoms with Gasteiger partial charge in [-0.15, -0.1) is 12.4 Å². The lowest BCUT2D eigenvalue weighted by Crippen LogP contribution is -2.52. The van der Waals surface area contributed by atoms with E-state index >= 15 is 0 Å². The molecule has 1 aromatic carbocycles. The Morgan fingerprint density at radius 1 is 1.08 bits per heavy atom. The van der Waals surface area contributed by atoms with Crippen molar-refractivity contribution < 1.29 is 14.4 Å². The molecule has 0 spiro atoms. The van der Waals surface area contributed by atoms with E-state index in [0.717, 1.165) is 13.1 Å². The zero-order valence-electron chi connectivity index (χ0n) is 14.0. The van der Waals surface area contributed by atoms with Gasteiger partial charge in [0.15, 0.2) is 0 Å². The average molecular weight is 355 g/mol. The molecule has 1 atom stereocenters. The Morgan fingerprint density at radius 2 is 1.62 bits per heavy atom. The molecule has 8 heteroatoms. The van der Waals surface area contributed by atoms with Crippen LogP contribution in [0.1, 0.15) is 31.1 Å². The van der Waals surface area contributed by atoms with Crippen molar-refractivity contribution in [1.82, 2.24) is 10.2 Å². The van der Waals surface area contributed by atoms with E-state index in [4.69, 9.17) is 0 Å². The van der Waals surface area contributed by atoms with Crippen LogP contribution in [0.4, 0.5) is 11.4 Å². The van der Waals surface area contributed by atoms with Crippen LogP contribution in [-0.2, 0) is 9.59 Å². The van der Waals surface area contributed by atoms with Crippen LogP contribution in [0, 0.1) is 0 Å². The van der Waals surface area contributed by atoms with E-state index in [0.29, 0.717) is 23.5 Å². The molecule has 24 heavy (non-hydrogen) atoms. The van der Waals surface area contributed by atoms with Gasteiger partial charge in [-0.3, -0.25) is 14.4 Å². The molecule has 0 aliphatic carbocycles. The van der Waals surface area contributed by atoms with Crippen LogP contribution in [0.2, 0.25) is 0 Å². The van der Waals surface area contributed by atoms with Crippen LogP contribution in [0.3, 0.4) is 0 Å². The number of piperazine rings is 1. The molecule has 1 aliphatic rings. The monoisotopic (exact) mass is 354 g/mol. The van der Waals surface area contributed by atoms with E-state index in [2.05, 4.69) is 16.0 Å². The van der Waals surface area contributed by atoms with Crippen molar-refractivity contribution in [3.05, 3.63) is 23.8 Å². The number of amides is 3. The van der Waals surface area contributed by atoms with Crippen LogP contribution >= 0.6 is 12.4 Å². The van der Waals surface area contributed by atoms with E-state index in [1.165, 1.54) is 13.8 Å². The van der Waals surface area contributed by atoms with E-state index in [1.807, 2.05) is 6.92 Å². The molecule has 3 amide bonds. The van der Waals surface area contributed by atoms with Gasteiger partial charge in [-0.1, -0.05) is 0 Å². The number of carbonyl (C=O) groups excluding carboxylic acids is 3. The Hall–Kier alpha value is -2.12. The molecule has 0 saturated carbocycles. The zero-order chi connectivity index (χ0) is 17.0. The topological polar surface area (TPSA) is 90.5 Å². The van der Waals surface area contributed by atoms with Gasteiger partial charge in [0.05, 0.1) is 0 Å². The van der Waals surface area contributed by atoms with Gasteiger partial charge in [0.2, 0.25) is 11.8 Å². The summed E-state index contributed by atoms with van der Waals surface area (Å²) in [5.74, 6) is -0.587. The summed E-state index contributed by atoms with van der Waals surface area (Å²) in [5, 5.41) is 8.55. The minimum absolute atomic E-state index is 0. The van der Waals surface area contributed by atoms with Gasteiger partial charge in [-0.05, 0) is 25.1 Å². The quantitative estimate of drug-likeness (QED) is 0.766. The average Bonchev–Trinajstić information content (AvgIpc) is 2.45. The maximum absolute atomic E-state index is 12.8. The second kappa shape index (κ2) is 8.65. The van der Waals surface area contributed by atoms with E-state index in [-0.39, 0.29) is 36.2 Å². The Labute approximate surface area is 147 Å². The van der Waals surface area contributed by atoms with E-state index in [1.54, 1.807) is 23.1 Å². The highest BCUT2D eigenvalue weighted by Crippen LogP contribution is 2.21. The van der Waals surface area contributed by atoms with Crippen molar-refractivity contribution in [3.8, 4) is 0 Å². The first-order valence-corrected chi connectivity index (χ1v) is 7.59. The van der Waals surface area contributed by atoms with Gasteiger partial charge in [0.1, 0.15) is 0 Å². The van der Waals surface area contributed by atoms with Crippen LogP contribution < -0.4 is 16.0 Å². The molecule has 3 N–H and O–H groups in total. The van der Waals surface area contributed by atoms with Crippen molar-refractivity contribution in [2.45, 2.75) is 26.8 Å². The molecule has 1 aromatic rings. The number of carbonyl (C=O) groups is 3. The van der Waals surface area contributed by atoms with Crippen molar-refractivity contribution in [2.24, 2.45) is 0 Å². The van der Waals surface area contributed by atoms with Crippen LogP contribution in [-0.4, -0.2) is 48.3 Å². The summed E-state index contributed by atoms with van der Waals surface area (Å²) >= 11 is 0. The fourth-order valence-corrected chi connectivity index (χ4v) is 2.61. The summed E-state index contributed by atoms with van der Waals surface area (Å²) in [6, 6.07) is 4.97. The standard InChI is InChI=1S/C16H22N4O3.ClH/c1-10-9-17-4-5-20(10)16(23)13-6-14(18-11(2)21)8-15(7-13)19-12(3)22;/h6-8,10,17H,4-5,9H2,1-3H3,(H,18,21)(H,19,22);1H/t10-;/m1./s1. The van der Waals surface area contributed by atoms with Crippen LogP contribution in [0.15, 0.2) is 18.2 Å². The molecule has 0 unspecified atom stereocenters. The van der Waals surface area contributed by atoms with Gasteiger partial charge >= 0.3 is 0 Å². The number of rotatable bonds is 3. The lowest BCUT2D eigenvalue weighted by molar-refractivity contribution is -0.115. The Bertz CT molecular complexity index is 601. The molecule has 7 nitrogen and oxygen atoms in total. The molecule has 1 fully saturated rings. The maximum Gasteiger partial charge on any atom is 0.254 e. The highest BCUT2D eigenvalue weighted by Gasteiger charge is 2.24. The maximum atomic E-state index is 12.8. The molecule has 0 radical (unpaired) electrons. The Morgan fingerprint density at radius 3 is 2.08 bits per heavy atom. The second-order valence-corrected chi connectivity index (χ2v) is 5.71. The summed E-state index contributed by atoms with van der Waals surface area (Å²) in [4.78, 5) is 37.1. The number of nitrogens with zero attached hydrogens (tertiary/aromatic N) is 1. The lowest BCUT2D eigenvalue weighted by Gasteiger charge is -2.34. The van der Waals surface area contributed by atoms with E-state index in [9.17, 15) is 14.4 Å². The van der Waals surface area contributed by atoms with Crippen molar-refractivity contribution in [3.63, 3.8) is 0 Å². The minimum Gasteiger partial charge on any atom is -0.333 e. The van der Waals surface area contributed by atoms with Crippen molar-refractivity contribution >= 4 is 41.5 Å². The van der Waals surface area contributed by atoms with E-state index < -0.39 is 0 Å². The third-order valence-electron chi connectivity index (χ3n) is 3.58. The van der Waals surface area contributed by atoms with Crippen LogP contribution in [0.25, 0.3) is 0 Å². The molecule has 1 aliphatic heterocycles. The summed E-state index contributed by atoms with van der Waals surface area (Å²) in [6.07, 6.45) is 0. The first-order valence-electron chi connectivity index (χ1n) is 7.59. The molecule has 2 rings (SSSR count). The van der Waals surface area contributed by atoms with Gasteiger partial charge in [-0.2, -0.15) is 0 Å². The van der Waals surface area contributed by atoms with Crippen molar-refractivity contribution in [2.75, 3.05) is 30.3 Å². The number of nitrogens with one attached hydrogen (secondary N) is 3. The Kier molecular flexibility index (Phi) is 7.18. The number of hydrogen-bond donors (Lipinski definition) is 3. The zero-order valence-corrected chi connectivity index (χ0v) is 14.8. The van der Waals surface area contributed by atoms with Crippen molar-refractivity contribution in [1.29, 1.82) is 0 Å². The highest BCUT2D eigenvalue weighted by molar-refractivity contribution is 6.00. The molecule has 0 aromatic heterocycles. The molecular formula is C16H23ClN4O3. The third-order valence-corrected chi connectivity index (χ3v) is 3.58. The number of halogens is 1. The normalized spacial score (nSPS) is 16.8. The summed E-state index contributed by atoms with van der Waals surface area (Å²) in [6.45, 7) is 6.89. The predicted octanol–water partition coefficient (Wildman–Crippen LogP) is 1.46. The predicted molar refractivity (Wildman–Crippen MR) is 95.7 cm³/mol. The molecule has 132 valence electrons. The second-order valence-electron chi connectivity index (χ2n) is 5.71. The lowest BCUT2D eigenvalue weighted by atomic mass is 10.1. The van der Waals surface area contributed by atoms with Gasteiger partial charge in [0.25, 0.3) is 5.91 Å². The van der Waals surface area contributed by atoms with Gasteiger partial charge in [0, 0.05) is 56.5 Å². The smallest absolute Gasteiger partial charge is 0.254 e. The number of benzene rings is 1. The van der Waals surface area contributed by atoms with Gasteiger partial charge in [-0.25, -0.2) is 0 Å². The third kappa shape index (κ3) is 5.21. The Balaban J connectivity index is 0.00000288. The fraction of sp³-hybridized carbons (Fsp3) is 0.438.